The van der Waals surface area contributed by atoms with Gasteiger partial charge in [0.05, 0.1) is 17.7 Å². The lowest BCUT2D eigenvalue weighted by molar-refractivity contribution is -0.115. The van der Waals surface area contributed by atoms with Crippen molar-refractivity contribution >= 4 is 40.2 Å². The summed E-state index contributed by atoms with van der Waals surface area (Å²) in [6, 6.07) is 10.1. The molecule has 0 atom stereocenters. The van der Waals surface area contributed by atoms with E-state index in [-0.39, 0.29) is 17.9 Å². The van der Waals surface area contributed by atoms with E-state index in [4.69, 9.17) is 5.11 Å². The maximum Gasteiger partial charge on any atom is 0.337 e. The van der Waals surface area contributed by atoms with E-state index in [0.29, 0.717) is 11.4 Å². The Balaban J connectivity index is 2.14. The summed E-state index contributed by atoms with van der Waals surface area (Å²) in [5.74, 6) is -1.37. The fraction of sp³-hybridized carbons (Fsp3) is 0.0714. The lowest BCUT2D eigenvalue weighted by Crippen LogP contribution is -2.17. The van der Waals surface area contributed by atoms with Crippen molar-refractivity contribution in [2.45, 2.75) is 6.42 Å². The van der Waals surface area contributed by atoms with Crippen molar-refractivity contribution in [2.24, 2.45) is 0 Å². The van der Waals surface area contributed by atoms with Gasteiger partial charge in [-0.05, 0) is 52.9 Å². The number of carbonyl (C=O) groups excluding carboxylic acids is 1. The summed E-state index contributed by atoms with van der Waals surface area (Å²) in [6.45, 7) is 0. The number of anilines is 1. The number of pyridine rings is 1. The third kappa shape index (κ3) is 3.77. The zero-order valence-electron chi connectivity index (χ0n) is 10.3. The smallest absolute Gasteiger partial charge is 0.337 e. The molecule has 0 aliphatic heterocycles. The van der Waals surface area contributed by atoms with E-state index in [1.54, 1.807) is 36.5 Å². The van der Waals surface area contributed by atoms with Crippen molar-refractivity contribution < 1.29 is 14.7 Å². The zero-order valence-corrected chi connectivity index (χ0v) is 12.5. The normalized spacial score (nSPS) is 10.1. The van der Waals surface area contributed by atoms with Gasteiger partial charge in [0.25, 0.3) is 0 Å². The molecule has 0 unspecified atom stereocenters. The van der Waals surface area contributed by atoms with Crippen LogP contribution in [0.2, 0.25) is 0 Å². The number of hydrogen-bond donors (Lipinski definition) is 2. The van der Waals surface area contributed by atoms with Crippen molar-refractivity contribution in [3.8, 4) is 0 Å². The SMILES string of the molecule is O=C(Cc1ccccn1)Nc1ccc(I)cc1C(=O)O. The Kier molecular flexibility index (Phi) is 4.67. The summed E-state index contributed by atoms with van der Waals surface area (Å²) >= 11 is 2.02. The lowest BCUT2D eigenvalue weighted by atomic mass is 10.1. The summed E-state index contributed by atoms with van der Waals surface area (Å²) in [6.07, 6.45) is 1.71. The molecule has 2 rings (SSSR count). The van der Waals surface area contributed by atoms with Crippen molar-refractivity contribution in [3.05, 3.63) is 57.4 Å². The lowest BCUT2D eigenvalue weighted by Gasteiger charge is -2.08. The number of carboxylic acid groups (broad SMARTS) is 1. The van der Waals surface area contributed by atoms with Gasteiger partial charge in [-0.1, -0.05) is 6.07 Å². The Morgan fingerprint density at radius 3 is 2.70 bits per heavy atom. The molecule has 0 aliphatic carbocycles. The van der Waals surface area contributed by atoms with Gasteiger partial charge < -0.3 is 10.4 Å². The average molecular weight is 382 g/mol. The van der Waals surface area contributed by atoms with Crippen LogP contribution in [0.3, 0.4) is 0 Å². The van der Waals surface area contributed by atoms with Crippen LogP contribution in [0.25, 0.3) is 0 Å². The molecule has 2 N–H and O–H groups in total. The number of amides is 1. The Morgan fingerprint density at radius 1 is 1.25 bits per heavy atom. The Bertz CT molecular complexity index is 644. The molecule has 5 nitrogen and oxygen atoms in total. The van der Waals surface area contributed by atoms with E-state index in [1.807, 2.05) is 22.6 Å². The third-order valence-corrected chi connectivity index (χ3v) is 3.22. The number of nitrogens with zero attached hydrogens (tertiary/aromatic N) is 1. The number of aromatic carboxylic acids is 1. The van der Waals surface area contributed by atoms with Crippen LogP contribution in [-0.4, -0.2) is 22.0 Å². The molecule has 0 saturated carbocycles. The first kappa shape index (κ1) is 14.4. The topological polar surface area (TPSA) is 79.3 Å². The first-order valence-corrected chi connectivity index (χ1v) is 6.87. The molecule has 1 heterocycles. The number of hydrogen-bond acceptors (Lipinski definition) is 3. The zero-order chi connectivity index (χ0) is 14.5. The molecule has 0 fully saturated rings. The summed E-state index contributed by atoms with van der Waals surface area (Å²) in [5.41, 5.74) is 0.998. The van der Waals surface area contributed by atoms with E-state index in [2.05, 4.69) is 10.3 Å². The molecule has 0 saturated heterocycles. The molecule has 1 aromatic heterocycles. The molecule has 6 heteroatoms. The van der Waals surface area contributed by atoms with E-state index >= 15 is 0 Å². The minimum absolute atomic E-state index is 0.0753. The molecule has 1 amide bonds. The first-order valence-electron chi connectivity index (χ1n) is 5.79. The summed E-state index contributed by atoms with van der Waals surface area (Å²) in [7, 11) is 0. The van der Waals surface area contributed by atoms with Crippen molar-refractivity contribution in [1.29, 1.82) is 0 Å². The second-order valence-electron chi connectivity index (χ2n) is 4.04. The third-order valence-electron chi connectivity index (χ3n) is 2.55. The fourth-order valence-corrected chi connectivity index (χ4v) is 2.16. The second-order valence-corrected chi connectivity index (χ2v) is 5.29. The van der Waals surface area contributed by atoms with Crippen LogP contribution >= 0.6 is 22.6 Å². The van der Waals surface area contributed by atoms with Crippen LogP contribution in [0, 0.1) is 3.57 Å². The Labute approximate surface area is 129 Å². The molecule has 0 spiro atoms. The summed E-state index contributed by atoms with van der Waals surface area (Å²) < 4.78 is 0.794. The molecular weight excluding hydrogens is 371 g/mol. The van der Waals surface area contributed by atoms with Crippen LogP contribution in [0.1, 0.15) is 16.1 Å². The number of aromatic nitrogens is 1. The van der Waals surface area contributed by atoms with Gasteiger partial charge in [0.2, 0.25) is 5.91 Å². The predicted octanol–water partition coefficient (Wildman–Crippen LogP) is 2.57. The number of carboxylic acids is 1. The van der Waals surface area contributed by atoms with Gasteiger partial charge in [0.15, 0.2) is 0 Å². The Hall–Kier alpha value is -1.96. The quantitative estimate of drug-likeness (QED) is 0.797. The highest BCUT2D eigenvalue weighted by Crippen LogP contribution is 2.19. The monoisotopic (exact) mass is 382 g/mol. The summed E-state index contributed by atoms with van der Waals surface area (Å²) in [5, 5.41) is 11.7. The molecule has 0 radical (unpaired) electrons. The fourth-order valence-electron chi connectivity index (χ4n) is 1.66. The average Bonchev–Trinajstić information content (AvgIpc) is 2.41. The highest BCUT2D eigenvalue weighted by molar-refractivity contribution is 14.1. The number of nitrogens with one attached hydrogen (secondary N) is 1. The maximum absolute atomic E-state index is 11.9. The van der Waals surface area contributed by atoms with E-state index in [1.165, 1.54) is 6.07 Å². The van der Waals surface area contributed by atoms with Gasteiger partial charge in [0, 0.05) is 15.5 Å². The minimum atomic E-state index is -1.07. The highest BCUT2D eigenvalue weighted by Gasteiger charge is 2.13. The predicted molar refractivity (Wildman–Crippen MR) is 82.7 cm³/mol. The largest absolute Gasteiger partial charge is 0.478 e. The van der Waals surface area contributed by atoms with Gasteiger partial charge in [-0.3, -0.25) is 9.78 Å². The van der Waals surface area contributed by atoms with Crippen molar-refractivity contribution in [3.63, 3.8) is 0 Å². The second kappa shape index (κ2) is 6.47. The van der Waals surface area contributed by atoms with Crippen LogP contribution in [0.15, 0.2) is 42.6 Å². The van der Waals surface area contributed by atoms with Crippen LogP contribution in [0.5, 0.6) is 0 Å². The maximum atomic E-state index is 11.9. The van der Waals surface area contributed by atoms with E-state index in [0.717, 1.165) is 3.57 Å². The van der Waals surface area contributed by atoms with Gasteiger partial charge in [-0.2, -0.15) is 0 Å². The number of rotatable bonds is 4. The van der Waals surface area contributed by atoms with Crippen LogP contribution in [-0.2, 0) is 11.2 Å². The van der Waals surface area contributed by atoms with E-state index in [9.17, 15) is 9.59 Å². The number of benzene rings is 1. The van der Waals surface area contributed by atoms with Crippen LogP contribution in [0.4, 0.5) is 5.69 Å². The number of carbonyl (C=O) groups is 2. The highest BCUT2D eigenvalue weighted by atomic mass is 127. The molecule has 1 aromatic carbocycles. The minimum Gasteiger partial charge on any atom is -0.478 e. The molecule has 102 valence electrons. The molecular formula is C14H11IN2O3. The molecule has 2 aromatic rings. The van der Waals surface area contributed by atoms with E-state index < -0.39 is 5.97 Å². The van der Waals surface area contributed by atoms with Crippen LogP contribution < -0.4 is 5.32 Å². The number of halogens is 1. The standard InChI is InChI=1S/C14H11IN2O3/c15-9-4-5-12(11(7-9)14(19)20)17-13(18)8-10-3-1-2-6-16-10/h1-7H,8H2,(H,17,18)(H,19,20). The van der Waals surface area contributed by atoms with Gasteiger partial charge in [-0.25, -0.2) is 4.79 Å². The first-order chi connectivity index (χ1) is 9.56. The van der Waals surface area contributed by atoms with Crippen molar-refractivity contribution in [2.75, 3.05) is 5.32 Å². The molecule has 0 bridgehead atoms. The Morgan fingerprint density at radius 2 is 2.05 bits per heavy atom. The van der Waals surface area contributed by atoms with Gasteiger partial charge in [0.1, 0.15) is 0 Å². The van der Waals surface area contributed by atoms with Gasteiger partial charge >= 0.3 is 5.97 Å². The molecule has 20 heavy (non-hydrogen) atoms. The molecule has 0 aliphatic rings. The summed E-state index contributed by atoms with van der Waals surface area (Å²) in [4.78, 5) is 27.1. The van der Waals surface area contributed by atoms with Gasteiger partial charge in [-0.15, -0.1) is 0 Å². The van der Waals surface area contributed by atoms with Crippen molar-refractivity contribution in [1.82, 2.24) is 4.98 Å².